The molecule has 3 nitrogen and oxygen atoms in total. The molecule has 1 atom stereocenters. The molecule has 0 radical (unpaired) electrons. The first-order chi connectivity index (χ1) is 7.91. The fourth-order valence-corrected chi connectivity index (χ4v) is 2.06. The van der Waals surface area contributed by atoms with E-state index in [1.807, 2.05) is 57.1 Å². The predicted octanol–water partition coefficient (Wildman–Crippen LogP) is 2.36. The van der Waals surface area contributed by atoms with Crippen molar-refractivity contribution in [3.8, 4) is 5.75 Å². The second-order valence-corrected chi connectivity index (χ2v) is 4.98. The molecule has 94 valence electrons. The van der Waals surface area contributed by atoms with Crippen molar-refractivity contribution in [1.82, 2.24) is 4.90 Å². The molecule has 1 aromatic carbocycles. The van der Waals surface area contributed by atoms with Gasteiger partial charge in [0.1, 0.15) is 5.75 Å². The Morgan fingerprint density at radius 2 is 1.76 bits per heavy atom. The molecule has 1 rings (SSSR count). The van der Waals surface area contributed by atoms with Crippen LogP contribution in [0.15, 0.2) is 24.3 Å². The summed E-state index contributed by atoms with van der Waals surface area (Å²) in [4.78, 5) is 2.48. The average Bonchev–Trinajstić information content (AvgIpc) is 2.18. The third kappa shape index (κ3) is 3.98. The molecule has 2 N–H and O–H groups in total. The maximum Gasteiger partial charge on any atom is 0.119 e. The Labute approximate surface area is 109 Å². The molecular formula is C13H20N2OS. The summed E-state index contributed by atoms with van der Waals surface area (Å²) >= 11 is 5.08. The maximum absolute atomic E-state index is 5.75. The van der Waals surface area contributed by atoms with Crippen LogP contribution in [0.2, 0.25) is 0 Å². The second kappa shape index (κ2) is 5.98. The first-order valence-electron chi connectivity index (χ1n) is 5.64. The second-order valence-electron chi connectivity index (χ2n) is 4.50. The minimum Gasteiger partial charge on any atom is -0.491 e. The van der Waals surface area contributed by atoms with Crippen molar-refractivity contribution in [3.05, 3.63) is 29.8 Å². The molecule has 0 fully saturated rings. The van der Waals surface area contributed by atoms with Crippen LogP contribution in [-0.4, -0.2) is 30.1 Å². The summed E-state index contributed by atoms with van der Waals surface area (Å²) in [6.07, 6.45) is 0.182. The Balaban J connectivity index is 2.88. The van der Waals surface area contributed by atoms with E-state index >= 15 is 0 Å². The molecule has 1 aromatic rings. The number of benzene rings is 1. The Kier molecular flexibility index (Phi) is 4.90. The lowest BCUT2D eigenvalue weighted by Gasteiger charge is -2.23. The van der Waals surface area contributed by atoms with Crippen molar-refractivity contribution in [2.45, 2.75) is 26.0 Å². The molecule has 1 unspecified atom stereocenters. The number of hydrogen-bond donors (Lipinski definition) is 1. The number of rotatable bonds is 5. The first kappa shape index (κ1) is 13.9. The van der Waals surface area contributed by atoms with Crippen LogP contribution in [0.5, 0.6) is 5.75 Å². The summed E-state index contributed by atoms with van der Waals surface area (Å²) < 4.78 is 5.59. The summed E-state index contributed by atoms with van der Waals surface area (Å²) in [5, 5.41) is 0. The maximum atomic E-state index is 5.75. The van der Waals surface area contributed by atoms with Gasteiger partial charge in [-0.2, -0.15) is 0 Å². The quantitative estimate of drug-likeness (QED) is 0.817. The van der Waals surface area contributed by atoms with Crippen LogP contribution >= 0.6 is 12.2 Å². The summed E-state index contributed by atoms with van der Waals surface area (Å²) in [5.74, 6) is 0.865. The van der Waals surface area contributed by atoms with Gasteiger partial charge in [0.05, 0.1) is 17.1 Å². The van der Waals surface area contributed by atoms with Crippen LogP contribution in [0.1, 0.15) is 25.5 Å². The summed E-state index contributed by atoms with van der Waals surface area (Å²) in [6, 6.07) is 7.87. The van der Waals surface area contributed by atoms with E-state index in [-0.39, 0.29) is 12.1 Å². The number of nitrogens with zero attached hydrogens (tertiary/aromatic N) is 1. The third-order valence-corrected chi connectivity index (χ3v) is 2.58. The smallest absolute Gasteiger partial charge is 0.119 e. The van der Waals surface area contributed by atoms with Gasteiger partial charge >= 0.3 is 0 Å². The van der Waals surface area contributed by atoms with E-state index in [0.717, 1.165) is 11.3 Å². The van der Waals surface area contributed by atoms with Crippen LogP contribution in [0.25, 0.3) is 0 Å². The molecule has 0 aromatic heterocycles. The zero-order valence-electron chi connectivity index (χ0n) is 10.8. The van der Waals surface area contributed by atoms with Gasteiger partial charge in [0, 0.05) is 0 Å². The van der Waals surface area contributed by atoms with Crippen molar-refractivity contribution < 1.29 is 4.74 Å². The molecule has 4 heteroatoms. The van der Waals surface area contributed by atoms with Crippen LogP contribution < -0.4 is 10.5 Å². The number of likely N-dealkylation sites (N-methyl/N-ethyl adjacent to an activating group) is 1. The van der Waals surface area contributed by atoms with Crippen molar-refractivity contribution >= 4 is 17.2 Å². The molecule has 0 spiro atoms. The number of ether oxygens (including phenoxy) is 1. The van der Waals surface area contributed by atoms with Crippen molar-refractivity contribution in [2.24, 2.45) is 5.73 Å². The number of hydrogen-bond acceptors (Lipinski definition) is 3. The predicted molar refractivity (Wildman–Crippen MR) is 75.4 cm³/mol. The van der Waals surface area contributed by atoms with Gasteiger partial charge in [-0.1, -0.05) is 24.4 Å². The molecule has 0 bridgehead atoms. The van der Waals surface area contributed by atoms with Crippen LogP contribution in [0.3, 0.4) is 0 Å². The van der Waals surface area contributed by atoms with Gasteiger partial charge in [-0.05, 0) is 45.6 Å². The van der Waals surface area contributed by atoms with Crippen molar-refractivity contribution in [1.29, 1.82) is 0 Å². The number of nitrogens with two attached hydrogens (primary N) is 1. The minimum absolute atomic E-state index is 0.0295. The van der Waals surface area contributed by atoms with Gasteiger partial charge < -0.3 is 10.5 Å². The fraction of sp³-hybridized carbons (Fsp3) is 0.462. The van der Waals surface area contributed by atoms with E-state index in [4.69, 9.17) is 22.7 Å². The standard InChI is InChI=1S/C13H20N2OS/c1-9(2)16-11-7-5-10(6-8-11)12(13(14)17)15(3)4/h5-9,12H,1-4H3,(H2,14,17). The highest BCUT2D eigenvalue weighted by atomic mass is 32.1. The zero-order chi connectivity index (χ0) is 13.0. The highest BCUT2D eigenvalue weighted by Gasteiger charge is 2.16. The summed E-state index contributed by atoms with van der Waals surface area (Å²) in [5.41, 5.74) is 6.83. The Morgan fingerprint density at radius 3 is 2.12 bits per heavy atom. The van der Waals surface area contributed by atoms with E-state index in [9.17, 15) is 0 Å². The molecule has 0 aliphatic carbocycles. The molecule has 0 saturated heterocycles. The van der Waals surface area contributed by atoms with Gasteiger partial charge in [0.2, 0.25) is 0 Å². The largest absolute Gasteiger partial charge is 0.491 e. The van der Waals surface area contributed by atoms with Crippen LogP contribution in [-0.2, 0) is 0 Å². The Bertz CT molecular complexity index is 374. The van der Waals surface area contributed by atoms with E-state index in [1.54, 1.807) is 0 Å². The zero-order valence-corrected chi connectivity index (χ0v) is 11.6. The lowest BCUT2D eigenvalue weighted by Crippen LogP contribution is -2.31. The minimum atomic E-state index is -0.0295. The normalized spacial score (nSPS) is 12.8. The van der Waals surface area contributed by atoms with E-state index in [2.05, 4.69) is 0 Å². The molecule has 0 saturated carbocycles. The monoisotopic (exact) mass is 252 g/mol. The van der Waals surface area contributed by atoms with Gasteiger partial charge in [0.15, 0.2) is 0 Å². The molecule has 0 aliphatic heterocycles. The Morgan fingerprint density at radius 1 is 1.24 bits per heavy atom. The lowest BCUT2D eigenvalue weighted by atomic mass is 10.1. The van der Waals surface area contributed by atoms with Crippen LogP contribution in [0.4, 0.5) is 0 Å². The molecular weight excluding hydrogens is 232 g/mol. The highest BCUT2D eigenvalue weighted by molar-refractivity contribution is 7.80. The highest BCUT2D eigenvalue weighted by Crippen LogP contribution is 2.22. The van der Waals surface area contributed by atoms with Gasteiger partial charge in [0.25, 0.3) is 0 Å². The summed E-state index contributed by atoms with van der Waals surface area (Å²) in [6.45, 7) is 4.01. The van der Waals surface area contributed by atoms with Crippen molar-refractivity contribution in [3.63, 3.8) is 0 Å². The first-order valence-corrected chi connectivity index (χ1v) is 6.05. The van der Waals surface area contributed by atoms with Crippen LogP contribution in [0, 0.1) is 0 Å². The lowest BCUT2D eigenvalue weighted by molar-refractivity contribution is 0.242. The topological polar surface area (TPSA) is 38.5 Å². The molecule has 17 heavy (non-hydrogen) atoms. The van der Waals surface area contributed by atoms with E-state index < -0.39 is 0 Å². The Hall–Kier alpha value is -1.13. The van der Waals surface area contributed by atoms with Gasteiger partial charge in [-0.3, -0.25) is 4.90 Å². The molecule has 0 amide bonds. The SMILES string of the molecule is CC(C)Oc1ccc(C(C(N)=S)N(C)C)cc1. The van der Waals surface area contributed by atoms with Gasteiger partial charge in [-0.15, -0.1) is 0 Å². The molecule has 0 aliphatic rings. The fourth-order valence-electron chi connectivity index (χ4n) is 1.72. The number of thiocarbonyl (C=S) groups is 1. The van der Waals surface area contributed by atoms with E-state index in [0.29, 0.717) is 4.99 Å². The van der Waals surface area contributed by atoms with Gasteiger partial charge in [-0.25, -0.2) is 0 Å². The third-order valence-electron chi connectivity index (χ3n) is 2.35. The van der Waals surface area contributed by atoms with E-state index in [1.165, 1.54) is 0 Å². The molecule has 0 heterocycles. The average molecular weight is 252 g/mol. The van der Waals surface area contributed by atoms with Crippen molar-refractivity contribution in [2.75, 3.05) is 14.1 Å². The summed E-state index contributed by atoms with van der Waals surface area (Å²) in [7, 11) is 3.92.